The number of halogens is 2. The van der Waals surface area contributed by atoms with E-state index in [1.807, 2.05) is 13.0 Å². The summed E-state index contributed by atoms with van der Waals surface area (Å²) in [7, 11) is 0. The first-order valence-corrected chi connectivity index (χ1v) is 5.44. The van der Waals surface area contributed by atoms with Crippen molar-refractivity contribution in [3.8, 4) is 16.9 Å². The number of rotatable bonds is 1. The molecule has 0 bridgehead atoms. The molecule has 1 N–H and O–H groups in total. The van der Waals surface area contributed by atoms with E-state index in [1.165, 1.54) is 6.07 Å². The molecular formula is C12H9Cl2NO. The molecule has 4 heteroatoms. The van der Waals surface area contributed by atoms with Gasteiger partial charge in [0.05, 0.1) is 10.0 Å². The molecule has 2 aromatic rings. The van der Waals surface area contributed by atoms with Crippen LogP contribution in [0.3, 0.4) is 0 Å². The number of phenolic OH excluding ortho intramolecular Hbond substituents is 1. The summed E-state index contributed by atoms with van der Waals surface area (Å²) in [5.74, 6) is -0.0167. The minimum absolute atomic E-state index is 0.0167. The maximum Gasteiger partial charge on any atom is 0.135 e. The summed E-state index contributed by atoms with van der Waals surface area (Å²) in [4.78, 5) is 4.05. The van der Waals surface area contributed by atoms with E-state index in [4.69, 9.17) is 23.2 Å². The van der Waals surface area contributed by atoms with Crippen molar-refractivity contribution in [2.24, 2.45) is 0 Å². The second-order valence-electron chi connectivity index (χ2n) is 3.47. The van der Waals surface area contributed by atoms with Crippen molar-refractivity contribution in [1.29, 1.82) is 0 Å². The van der Waals surface area contributed by atoms with Crippen molar-refractivity contribution in [2.45, 2.75) is 6.92 Å². The molecule has 0 radical (unpaired) electrons. The van der Waals surface area contributed by atoms with Gasteiger partial charge in [0.25, 0.3) is 0 Å². The number of phenols is 1. The number of aromatic nitrogens is 1. The van der Waals surface area contributed by atoms with Crippen LogP contribution in [0.2, 0.25) is 10.0 Å². The highest BCUT2D eigenvalue weighted by Crippen LogP contribution is 2.36. The van der Waals surface area contributed by atoms with E-state index in [0.717, 1.165) is 16.7 Å². The molecule has 2 rings (SSSR count). The van der Waals surface area contributed by atoms with E-state index in [1.54, 1.807) is 18.5 Å². The average Bonchev–Trinajstić information content (AvgIpc) is 2.25. The molecule has 0 aliphatic rings. The Kier molecular flexibility index (Phi) is 3.03. The minimum Gasteiger partial charge on any atom is -0.506 e. The SMILES string of the molecule is Cc1ccncc1-c1cc(Cl)c(O)cc1Cl. The molecule has 0 aliphatic carbocycles. The molecule has 16 heavy (non-hydrogen) atoms. The lowest BCUT2D eigenvalue weighted by atomic mass is 10.0. The van der Waals surface area contributed by atoms with E-state index in [0.29, 0.717) is 5.02 Å². The highest BCUT2D eigenvalue weighted by Gasteiger charge is 2.10. The van der Waals surface area contributed by atoms with Crippen LogP contribution in [-0.2, 0) is 0 Å². The second kappa shape index (κ2) is 4.32. The topological polar surface area (TPSA) is 33.1 Å². The first-order valence-electron chi connectivity index (χ1n) is 4.68. The number of benzene rings is 1. The van der Waals surface area contributed by atoms with Gasteiger partial charge >= 0.3 is 0 Å². The maximum atomic E-state index is 9.41. The smallest absolute Gasteiger partial charge is 0.135 e. The van der Waals surface area contributed by atoms with Gasteiger partial charge in [0, 0.05) is 29.6 Å². The Labute approximate surface area is 103 Å². The fourth-order valence-corrected chi connectivity index (χ4v) is 1.91. The zero-order valence-electron chi connectivity index (χ0n) is 8.54. The molecule has 0 fully saturated rings. The maximum absolute atomic E-state index is 9.41. The fraction of sp³-hybridized carbons (Fsp3) is 0.0833. The van der Waals surface area contributed by atoms with E-state index >= 15 is 0 Å². The van der Waals surface area contributed by atoms with Crippen molar-refractivity contribution >= 4 is 23.2 Å². The van der Waals surface area contributed by atoms with E-state index in [9.17, 15) is 5.11 Å². The van der Waals surface area contributed by atoms with Gasteiger partial charge in [-0.2, -0.15) is 0 Å². The summed E-state index contributed by atoms with van der Waals surface area (Å²) in [6.07, 6.45) is 3.44. The van der Waals surface area contributed by atoms with Gasteiger partial charge in [0.1, 0.15) is 5.75 Å². The largest absolute Gasteiger partial charge is 0.506 e. The van der Waals surface area contributed by atoms with Crippen LogP contribution in [0, 0.1) is 6.92 Å². The minimum atomic E-state index is -0.0167. The molecule has 0 unspecified atom stereocenters. The van der Waals surface area contributed by atoms with E-state index in [-0.39, 0.29) is 10.8 Å². The third kappa shape index (κ3) is 1.99. The van der Waals surface area contributed by atoms with E-state index in [2.05, 4.69) is 4.98 Å². The quantitative estimate of drug-likeness (QED) is 0.832. The first-order chi connectivity index (χ1) is 7.59. The summed E-state index contributed by atoms with van der Waals surface area (Å²) in [6.45, 7) is 1.97. The Morgan fingerprint density at radius 2 is 1.88 bits per heavy atom. The first kappa shape index (κ1) is 11.2. The van der Waals surface area contributed by atoms with Crippen molar-refractivity contribution in [1.82, 2.24) is 4.98 Å². The molecule has 1 heterocycles. The summed E-state index contributed by atoms with van der Waals surface area (Å²) in [5.41, 5.74) is 2.74. The number of nitrogens with zero attached hydrogens (tertiary/aromatic N) is 1. The molecule has 0 saturated carbocycles. The number of pyridine rings is 1. The Hall–Kier alpha value is -1.25. The standard InChI is InChI=1S/C12H9Cl2NO/c1-7-2-3-15-6-9(7)8-4-11(14)12(16)5-10(8)13/h2-6,16H,1H3. The van der Waals surface area contributed by atoms with Crippen LogP contribution in [0.5, 0.6) is 5.75 Å². The predicted molar refractivity (Wildman–Crippen MR) is 66.1 cm³/mol. The average molecular weight is 254 g/mol. The predicted octanol–water partition coefficient (Wildman–Crippen LogP) is 4.07. The van der Waals surface area contributed by atoms with Crippen molar-refractivity contribution in [3.63, 3.8) is 0 Å². The van der Waals surface area contributed by atoms with Gasteiger partial charge in [-0.1, -0.05) is 23.2 Å². The zero-order chi connectivity index (χ0) is 11.7. The lowest BCUT2D eigenvalue weighted by Gasteiger charge is -2.08. The van der Waals surface area contributed by atoms with Crippen LogP contribution in [-0.4, -0.2) is 10.1 Å². The van der Waals surface area contributed by atoms with Crippen LogP contribution in [0.15, 0.2) is 30.6 Å². The highest BCUT2D eigenvalue weighted by molar-refractivity contribution is 6.36. The molecular weight excluding hydrogens is 245 g/mol. The van der Waals surface area contributed by atoms with Gasteiger partial charge < -0.3 is 5.11 Å². The van der Waals surface area contributed by atoms with Crippen LogP contribution in [0.25, 0.3) is 11.1 Å². The monoisotopic (exact) mass is 253 g/mol. The number of aryl methyl sites for hydroxylation is 1. The molecule has 0 atom stereocenters. The van der Waals surface area contributed by atoms with Gasteiger partial charge in [-0.3, -0.25) is 4.98 Å². The number of hydrogen-bond donors (Lipinski definition) is 1. The summed E-state index contributed by atoms with van der Waals surface area (Å²) >= 11 is 11.9. The molecule has 82 valence electrons. The number of aromatic hydroxyl groups is 1. The van der Waals surface area contributed by atoms with Gasteiger partial charge in [-0.25, -0.2) is 0 Å². The molecule has 2 nitrogen and oxygen atoms in total. The summed E-state index contributed by atoms with van der Waals surface area (Å²) in [5, 5.41) is 10.1. The number of hydrogen-bond acceptors (Lipinski definition) is 2. The molecule has 0 spiro atoms. The lowest BCUT2D eigenvalue weighted by molar-refractivity contribution is 0.475. The zero-order valence-corrected chi connectivity index (χ0v) is 10.0. The van der Waals surface area contributed by atoms with Crippen LogP contribution >= 0.6 is 23.2 Å². The van der Waals surface area contributed by atoms with Crippen molar-refractivity contribution in [3.05, 3.63) is 46.2 Å². The molecule has 0 saturated heterocycles. The molecule has 0 aliphatic heterocycles. The van der Waals surface area contributed by atoms with Gasteiger partial charge in [-0.05, 0) is 24.6 Å². The lowest BCUT2D eigenvalue weighted by Crippen LogP contribution is -1.86. The molecule has 1 aromatic heterocycles. The van der Waals surface area contributed by atoms with Gasteiger partial charge in [-0.15, -0.1) is 0 Å². The summed E-state index contributed by atoms with van der Waals surface area (Å²) in [6, 6.07) is 4.97. The van der Waals surface area contributed by atoms with Crippen LogP contribution in [0.1, 0.15) is 5.56 Å². The normalized spacial score (nSPS) is 10.4. The van der Waals surface area contributed by atoms with Gasteiger partial charge in [0.2, 0.25) is 0 Å². The van der Waals surface area contributed by atoms with Crippen molar-refractivity contribution < 1.29 is 5.11 Å². The Morgan fingerprint density at radius 3 is 2.56 bits per heavy atom. The summed E-state index contributed by atoms with van der Waals surface area (Å²) < 4.78 is 0. The van der Waals surface area contributed by atoms with Crippen LogP contribution in [0.4, 0.5) is 0 Å². The second-order valence-corrected chi connectivity index (χ2v) is 4.29. The van der Waals surface area contributed by atoms with Crippen LogP contribution < -0.4 is 0 Å². The highest BCUT2D eigenvalue weighted by atomic mass is 35.5. The third-order valence-electron chi connectivity index (χ3n) is 2.37. The Morgan fingerprint density at radius 1 is 1.12 bits per heavy atom. The van der Waals surface area contributed by atoms with Crippen molar-refractivity contribution in [2.75, 3.05) is 0 Å². The molecule has 1 aromatic carbocycles. The van der Waals surface area contributed by atoms with Gasteiger partial charge in [0.15, 0.2) is 0 Å². The molecule has 0 amide bonds. The third-order valence-corrected chi connectivity index (χ3v) is 2.98. The van der Waals surface area contributed by atoms with E-state index < -0.39 is 0 Å². The Balaban J connectivity index is 2.65. The Bertz CT molecular complexity index is 541. The fourth-order valence-electron chi connectivity index (χ4n) is 1.49.